The lowest BCUT2D eigenvalue weighted by Gasteiger charge is -2.21. The summed E-state index contributed by atoms with van der Waals surface area (Å²) in [6, 6.07) is 6.49. The quantitative estimate of drug-likeness (QED) is 0.831. The van der Waals surface area contributed by atoms with Crippen LogP contribution in [0.2, 0.25) is 5.02 Å². The van der Waals surface area contributed by atoms with Crippen molar-refractivity contribution in [3.63, 3.8) is 0 Å². The summed E-state index contributed by atoms with van der Waals surface area (Å²) in [5.41, 5.74) is 1.44. The third kappa shape index (κ3) is 3.87. The summed E-state index contributed by atoms with van der Waals surface area (Å²) in [7, 11) is 0. The maximum absolute atomic E-state index is 11.8. The number of halogens is 1. The van der Waals surface area contributed by atoms with Gasteiger partial charge in [-0.1, -0.05) is 11.6 Å². The monoisotopic (exact) mass is 351 g/mol. The fraction of sp³-hybridized carbons (Fsp3) is 0.250. The normalized spacial score (nSPS) is 12.9. The van der Waals surface area contributed by atoms with Crippen LogP contribution in [0.5, 0.6) is 5.75 Å². The van der Waals surface area contributed by atoms with Crippen molar-refractivity contribution in [2.75, 3.05) is 13.3 Å². The first kappa shape index (κ1) is 16.4. The standard InChI is InChI=1S/C16H14ClNO6/c17-12-4-10-7-21-9-24-15(10)11(5-12)8-23-14(19)6-18-16(20)13-2-1-3-22-13/h1-5H,6-9H2,(H,18,20). The lowest BCUT2D eigenvalue weighted by Crippen LogP contribution is -2.30. The number of rotatable bonds is 5. The first-order valence-corrected chi connectivity index (χ1v) is 7.50. The van der Waals surface area contributed by atoms with Gasteiger partial charge in [0.05, 0.1) is 12.9 Å². The predicted octanol–water partition coefficient (Wildman–Crippen LogP) is 2.27. The highest BCUT2D eigenvalue weighted by molar-refractivity contribution is 6.30. The van der Waals surface area contributed by atoms with E-state index >= 15 is 0 Å². The fourth-order valence-corrected chi connectivity index (χ4v) is 2.48. The van der Waals surface area contributed by atoms with Gasteiger partial charge in [-0.25, -0.2) is 0 Å². The summed E-state index contributed by atoms with van der Waals surface area (Å²) in [5, 5.41) is 2.91. The first-order valence-electron chi connectivity index (χ1n) is 7.12. The summed E-state index contributed by atoms with van der Waals surface area (Å²) in [6.07, 6.45) is 1.37. The highest BCUT2D eigenvalue weighted by atomic mass is 35.5. The average Bonchev–Trinajstić information content (AvgIpc) is 3.12. The van der Waals surface area contributed by atoms with E-state index in [1.165, 1.54) is 12.3 Å². The molecule has 1 aromatic heterocycles. The minimum Gasteiger partial charge on any atom is -0.467 e. The molecule has 1 aromatic carbocycles. The topological polar surface area (TPSA) is 87.0 Å². The summed E-state index contributed by atoms with van der Waals surface area (Å²) in [6.45, 7) is 0.232. The number of fused-ring (bicyclic) bond motifs is 1. The predicted molar refractivity (Wildman–Crippen MR) is 82.6 cm³/mol. The zero-order valence-electron chi connectivity index (χ0n) is 12.5. The molecule has 0 radical (unpaired) electrons. The Bertz CT molecular complexity index is 743. The molecule has 0 saturated carbocycles. The fourth-order valence-electron chi connectivity index (χ4n) is 2.22. The molecule has 2 aromatic rings. The van der Waals surface area contributed by atoms with E-state index in [2.05, 4.69) is 5.32 Å². The highest BCUT2D eigenvalue weighted by Gasteiger charge is 2.18. The zero-order chi connectivity index (χ0) is 16.9. The van der Waals surface area contributed by atoms with Gasteiger partial charge in [-0.05, 0) is 24.3 Å². The van der Waals surface area contributed by atoms with Gasteiger partial charge >= 0.3 is 5.97 Å². The van der Waals surface area contributed by atoms with Crippen LogP contribution in [0.1, 0.15) is 21.7 Å². The van der Waals surface area contributed by atoms with E-state index in [0.29, 0.717) is 22.9 Å². The van der Waals surface area contributed by atoms with Crippen LogP contribution in [-0.4, -0.2) is 25.2 Å². The van der Waals surface area contributed by atoms with E-state index in [1.807, 2.05) is 0 Å². The minimum absolute atomic E-state index is 0.0155. The molecule has 1 amide bonds. The number of hydrogen-bond acceptors (Lipinski definition) is 6. The molecule has 1 aliphatic heterocycles. The van der Waals surface area contributed by atoms with Gasteiger partial charge in [-0.15, -0.1) is 0 Å². The van der Waals surface area contributed by atoms with Crippen molar-refractivity contribution >= 4 is 23.5 Å². The van der Waals surface area contributed by atoms with Crippen molar-refractivity contribution in [2.24, 2.45) is 0 Å². The second kappa shape index (κ2) is 7.37. The van der Waals surface area contributed by atoms with E-state index < -0.39 is 11.9 Å². The molecule has 0 bridgehead atoms. The molecule has 3 rings (SSSR count). The number of amides is 1. The molecule has 2 heterocycles. The number of furan rings is 1. The van der Waals surface area contributed by atoms with Crippen LogP contribution < -0.4 is 10.1 Å². The molecule has 1 N–H and O–H groups in total. The maximum Gasteiger partial charge on any atom is 0.325 e. The Hall–Kier alpha value is -2.51. The van der Waals surface area contributed by atoms with E-state index in [9.17, 15) is 9.59 Å². The van der Waals surface area contributed by atoms with Gasteiger partial charge in [-0.3, -0.25) is 9.59 Å². The lowest BCUT2D eigenvalue weighted by atomic mass is 10.1. The number of hydrogen-bond donors (Lipinski definition) is 1. The molecule has 0 fully saturated rings. The number of esters is 1. The summed E-state index contributed by atoms with van der Waals surface area (Å²) < 4.78 is 20.7. The van der Waals surface area contributed by atoms with Crippen LogP contribution in [0.15, 0.2) is 34.9 Å². The van der Waals surface area contributed by atoms with Crippen LogP contribution in [0.25, 0.3) is 0 Å². The van der Waals surface area contributed by atoms with Gasteiger partial charge in [0, 0.05) is 16.1 Å². The summed E-state index contributed by atoms with van der Waals surface area (Å²) in [4.78, 5) is 23.4. The van der Waals surface area contributed by atoms with Crippen molar-refractivity contribution in [3.8, 4) is 5.75 Å². The minimum atomic E-state index is -0.587. The van der Waals surface area contributed by atoms with Gasteiger partial charge in [0.25, 0.3) is 5.91 Å². The van der Waals surface area contributed by atoms with Crippen molar-refractivity contribution < 1.29 is 28.2 Å². The molecule has 24 heavy (non-hydrogen) atoms. The van der Waals surface area contributed by atoms with Crippen LogP contribution in [0.4, 0.5) is 0 Å². The Morgan fingerprint density at radius 2 is 2.21 bits per heavy atom. The Morgan fingerprint density at radius 3 is 3.00 bits per heavy atom. The number of benzene rings is 1. The third-order valence-electron chi connectivity index (χ3n) is 3.28. The average molecular weight is 352 g/mol. The van der Waals surface area contributed by atoms with Crippen molar-refractivity contribution in [3.05, 3.63) is 52.4 Å². The molecule has 0 spiro atoms. The molecular weight excluding hydrogens is 338 g/mol. The molecule has 126 valence electrons. The van der Waals surface area contributed by atoms with Crippen LogP contribution in [0.3, 0.4) is 0 Å². The van der Waals surface area contributed by atoms with Crippen LogP contribution in [-0.2, 0) is 27.5 Å². The Labute approximate surface area is 142 Å². The second-order valence-corrected chi connectivity index (χ2v) is 5.42. The molecule has 0 unspecified atom stereocenters. The van der Waals surface area contributed by atoms with E-state index in [-0.39, 0.29) is 25.7 Å². The third-order valence-corrected chi connectivity index (χ3v) is 3.50. The number of carbonyl (C=O) groups excluding carboxylic acids is 2. The maximum atomic E-state index is 11.8. The number of nitrogens with one attached hydrogen (secondary N) is 1. The van der Waals surface area contributed by atoms with Crippen LogP contribution in [0, 0.1) is 0 Å². The van der Waals surface area contributed by atoms with Gasteiger partial charge in [0.1, 0.15) is 18.9 Å². The Kier molecular flexibility index (Phi) is 5.02. The van der Waals surface area contributed by atoms with Gasteiger partial charge in [-0.2, -0.15) is 0 Å². The molecule has 8 heteroatoms. The van der Waals surface area contributed by atoms with E-state index in [0.717, 1.165) is 5.56 Å². The zero-order valence-corrected chi connectivity index (χ0v) is 13.3. The van der Waals surface area contributed by atoms with E-state index in [4.69, 9.17) is 30.2 Å². The van der Waals surface area contributed by atoms with Gasteiger partial charge < -0.3 is 23.9 Å². The molecule has 0 saturated heterocycles. The number of carbonyl (C=O) groups is 2. The molecule has 7 nitrogen and oxygen atoms in total. The smallest absolute Gasteiger partial charge is 0.325 e. The molecular formula is C16H14ClNO6. The van der Waals surface area contributed by atoms with Crippen molar-refractivity contribution in [2.45, 2.75) is 13.2 Å². The number of ether oxygens (including phenoxy) is 3. The van der Waals surface area contributed by atoms with Crippen LogP contribution >= 0.6 is 11.6 Å². The molecule has 1 aliphatic rings. The highest BCUT2D eigenvalue weighted by Crippen LogP contribution is 2.32. The van der Waals surface area contributed by atoms with E-state index in [1.54, 1.807) is 18.2 Å². The SMILES string of the molecule is O=C(CNC(=O)c1ccco1)OCc1cc(Cl)cc2c1OCOC2. The largest absolute Gasteiger partial charge is 0.467 e. The molecule has 0 atom stereocenters. The van der Waals surface area contributed by atoms with Crippen molar-refractivity contribution in [1.82, 2.24) is 5.32 Å². The first-order chi connectivity index (χ1) is 11.6. The van der Waals surface area contributed by atoms with Gasteiger partial charge in [0.15, 0.2) is 12.6 Å². The van der Waals surface area contributed by atoms with Gasteiger partial charge in [0.2, 0.25) is 0 Å². The Balaban J connectivity index is 1.55. The molecule has 0 aliphatic carbocycles. The summed E-state index contributed by atoms with van der Waals surface area (Å²) >= 11 is 6.04. The second-order valence-electron chi connectivity index (χ2n) is 4.98. The summed E-state index contributed by atoms with van der Waals surface area (Å²) in [5.74, 6) is -0.341. The Morgan fingerprint density at radius 1 is 1.33 bits per heavy atom. The van der Waals surface area contributed by atoms with Crippen molar-refractivity contribution in [1.29, 1.82) is 0 Å². The lowest BCUT2D eigenvalue weighted by molar-refractivity contribution is -0.143.